The Morgan fingerprint density at radius 1 is 1.09 bits per heavy atom. The molecule has 0 aliphatic rings. The van der Waals surface area contributed by atoms with E-state index in [2.05, 4.69) is 20.8 Å². The molecule has 0 aliphatic heterocycles. The summed E-state index contributed by atoms with van der Waals surface area (Å²) in [6.07, 6.45) is -0.235. The number of hydrogen-bond donors (Lipinski definition) is 2. The number of methoxy groups -OCH3 is 1. The summed E-state index contributed by atoms with van der Waals surface area (Å²) in [5.74, 6) is -0.724. The van der Waals surface area contributed by atoms with Crippen LogP contribution in [0.3, 0.4) is 0 Å². The largest absolute Gasteiger partial charge is 0.493 e. The van der Waals surface area contributed by atoms with Crippen molar-refractivity contribution in [3.05, 3.63) is 83.7 Å². The van der Waals surface area contributed by atoms with Gasteiger partial charge >= 0.3 is 12.1 Å². The Kier molecular flexibility index (Phi) is 7.80. The second kappa shape index (κ2) is 10.9. The standard InChI is InChI=1S/C23H19F3N4O4/c1-33-20-10-15(7-8-19(20)34-22(32)16-4-3-9-27-13-16)12-29-30-21(31)14-28-18-6-2-5-17(11-18)23(24,25)26/h2-13,28H,14H2,1H3,(H,30,31)/b29-12+. The quantitative estimate of drug-likeness (QED) is 0.223. The van der Waals surface area contributed by atoms with Crippen molar-refractivity contribution >= 4 is 23.8 Å². The van der Waals surface area contributed by atoms with Gasteiger partial charge in [0.2, 0.25) is 0 Å². The fourth-order valence-electron chi connectivity index (χ4n) is 2.70. The van der Waals surface area contributed by atoms with Crippen LogP contribution in [0, 0.1) is 0 Å². The fraction of sp³-hybridized carbons (Fsp3) is 0.130. The summed E-state index contributed by atoms with van der Waals surface area (Å²) in [4.78, 5) is 28.0. The number of nitrogens with one attached hydrogen (secondary N) is 2. The smallest absolute Gasteiger partial charge is 0.416 e. The SMILES string of the molecule is COc1cc(/C=N/NC(=O)CNc2cccc(C(F)(F)F)c2)ccc1OC(=O)c1cccnc1. The van der Waals surface area contributed by atoms with Gasteiger partial charge in [-0.3, -0.25) is 9.78 Å². The number of esters is 1. The molecule has 176 valence electrons. The molecule has 1 heterocycles. The lowest BCUT2D eigenvalue weighted by atomic mass is 10.2. The molecule has 0 aliphatic carbocycles. The Labute approximate surface area is 192 Å². The summed E-state index contributed by atoms with van der Waals surface area (Å²) in [5.41, 5.74) is 2.40. The van der Waals surface area contributed by atoms with Crippen molar-refractivity contribution in [1.82, 2.24) is 10.4 Å². The topological polar surface area (TPSA) is 102 Å². The van der Waals surface area contributed by atoms with Gasteiger partial charge in [-0.2, -0.15) is 18.3 Å². The summed E-state index contributed by atoms with van der Waals surface area (Å²) < 4.78 is 48.8. The van der Waals surface area contributed by atoms with Gasteiger partial charge in [-0.1, -0.05) is 6.07 Å². The number of hydrazone groups is 1. The summed E-state index contributed by atoms with van der Waals surface area (Å²) in [6.45, 7) is -0.287. The number of carbonyl (C=O) groups excluding carboxylic acids is 2. The van der Waals surface area contributed by atoms with Crippen molar-refractivity contribution < 1.29 is 32.2 Å². The highest BCUT2D eigenvalue weighted by Crippen LogP contribution is 2.30. The molecule has 1 aromatic heterocycles. The van der Waals surface area contributed by atoms with Crippen molar-refractivity contribution in [2.24, 2.45) is 5.10 Å². The van der Waals surface area contributed by atoms with Crippen molar-refractivity contribution in [2.75, 3.05) is 19.0 Å². The minimum atomic E-state index is -4.47. The van der Waals surface area contributed by atoms with E-state index in [1.807, 2.05) is 0 Å². The average molecular weight is 472 g/mol. The number of nitrogens with zero attached hydrogens (tertiary/aromatic N) is 2. The van der Waals surface area contributed by atoms with E-state index >= 15 is 0 Å². The Morgan fingerprint density at radius 3 is 2.62 bits per heavy atom. The number of alkyl halides is 3. The number of benzene rings is 2. The maximum absolute atomic E-state index is 12.8. The molecule has 2 N–H and O–H groups in total. The van der Waals surface area contributed by atoms with Gasteiger partial charge in [0.25, 0.3) is 5.91 Å². The molecule has 2 aromatic carbocycles. The van der Waals surface area contributed by atoms with Crippen LogP contribution in [0.2, 0.25) is 0 Å². The van der Waals surface area contributed by atoms with Crippen LogP contribution in [0.5, 0.6) is 11.5 Å². The molecule has 1 amide bonds. The number of anilines is 1. The fourth-order valence-corrected chi connectivity index (χ4v) is 2.70. The molecule has 0 fully saturated rings. The Bertz CT molecular complexity index is 1180. The van der Waals surface area contributed by atoms with E-state index in [0.29, 0.717) is 5.56 Å². The Balaban J connectivity index is 1.55. The first-order valence-electron chi connectivity index (χ1n) is 9.79. The molecular weight excluding hydrogens is 453 g/mol. The predicted molar refractivity (Wildman–Crippen MR) is 118 cm³/mol. The molecule has 0 spiro atoms. The molecular formula is C23H19F3N4O4. The zero-order valence-electron chi connectivity index (χ0n) is 17.8. The number of aromatic nitrogens is 1. The minimum Gasteiger partial charge on any atom is -0.493 e. The van der Waals surface area contributed by atoms with Gasteiger partial charge in [0, 0.05) is 18.1 Å². The van der Waals surface area contributed by atoms with Gasteiger partial charge in [0.15, 0.2) is 11.5 Å². The first kappa shape index (κ1) is 24.2. The number of amides is 1. The first-order chi connectivity index (χ1) is 16.3. The van der Waals surface area contributed by atoms with Crippen molar-refractivity contribution in [3.63, 3.8) is 0 Å². The van der Waals surface area contributed by atoms with Crippen LogP contribution in [0.1, 0.15) is 21.5 Å². The highest BCUT2D eigenvalue weighted by atomic mass is 19.4. The van der Waals surface area contributed by atoms with Gasteiger partial charge < -0.3 is 14.8 Å². The predicted octanol–water partition coefficient (Wildman–Crippen LogP) is 3.89. The highest BCUT2D eigenvalue weighted by Gasteiger charge is 2.30. The Morgan fingerprint density at radius 2 is 1.91 bits per heavy atom. The third-order valence-corrected chi connectivity index (χ3v) is 4.33. The van der Waals surface area contributed by atoms with Gasteiger partial charge in [-0.25, -0.2) is 10.2 Å². The molecule has 0 saturated carbocycles. The maximum atomic E-state index is 12.8. The molecule has 11 heteroatoms. The maximum Gasteiger partial charge on any atom is 0.416 e. The molecule has 3 rings (SSSR count). The van der Waals surface area contributed by atoms with Gasteiger partial charge in [-0.15, -0.1) is 0 Å². The molecule has 0 saturated heterocycles. The minimum absolute atomic E-state index is 0.148. The van der Waals surface area contributed by atoms with E-state index < -0.39 is 23.6 Å². The van der Waals surface area contributed by atoms with Crippen LogP contribution in [0.4, 0.5) is 18.9 Å². The summed E-state index contributed by atoms with van der Waals surface area (Å²) in [6, 6.07) is 12.3. The van der Waals surface area contributed by atoms with Gasteiger partial charge in [0.05, 0.1) is 31.0 Å². The number of halogens is 3. The Hall–Kier alpha value is -4.41. The first-order valence-corrected chi connectivity index (χ1v) is 9.79. The summed E-state index contributed by atoms with van der Waals surface area (Å²) >= 11 is 0. The normalized spacial score (nSPS) is 11.2. The second-order valence-electron chi connectivity index (χ2n) is 6.77. The summed E-state index contributed by atoms with van der Waals surface area (Å²) in [5, 5.41) is 6.41. The molecule has 8 nitrogen and oxygen atoms in total. The van der Waals surface area contributed by atoms with E-state index in [0.717, 1.165) is 12.1 Å². The van der Waals surface area contributed by atoms with Crippen LogP contribution in [-0.2, 0) is 11.0 Å². The van der Waals surface area contributed by atoms with Crippen LogP contribution in [-0.4, -0.2) is 36.7 Å². The molecule has 0 radical (unpaired) electrons. The van der Waals surface area contributed by atoms with Crippen LogP contribution < -0.4 is 20.2 Å². The van der Waals surface area contributed by atoms with Crippen molar-refractivity contribution in [1.29, 1.82) is 0 Å². The van der Waals surface area contributed by atoms with E-state index in [1.54, 1.807) is 24.3 Å². The number of rotatable bonds is 8. The van der Waals surface area contributed by atoms with E-state index in [1.165, 1.54) is 43.9 Å². The van der Waals surface area contributed by atoms with E-state index in [-0.39, 0.29) is 29.3 Å². The molecule has 0 unspecified atom stereocenters. The van der Waals surface area contributed by atoms with E-state index in [4.69, 9.17) is 9.47 Å². The molecule has 34 heavy (non-hydrogen) atoms. The third kappa shape index (κ3) is 6.79. The summed E-state index contributed by atoms with van der Waals surface area (Å²) in [7, 11) is 1.40. The molecule has 0 atom stereocenters. The zero-order chi connectivity index (χ0) is 24.6. The number of pyridine rings is 1. The van der Waals surface area contributed by atoms with Crippen LogP contribution in [0.25, 0.3) is 0 Å². The number of carbonyl (C=O) groups is 2. The average Bonchev–Trinajstić information content (AvgIpc) is 2.83. The zero-order valence-corrected chi connectivity index (χ0v) is 17.8. The number of ether oxygens (including phenoxy) is 2. The monoisotopic (exact) mass is 472 g/mol. The number of hydrogen-bond acceptors (Lipinski definition) is 7. The lowest BCUT2D eigenvalue weighted by Gasteiger charge is -2.10. The molecule has 3 aromatic rings. The van der Waals surface area contributed by atoms with Crippen molar-refractivity contribution in [2.45, 2.75) is 6.18 Å². The highest BCUT2D eigenvalue weighted by molar-refractivity contribution is 5.91. The second-order valence-corrected chi connectivity index (χ2v) is 6.77. The van der Waals surface area contributed by atoms with Gasteiger partial charge in [-0.05, 0) is 54.1 Å². The third-order valence-electron chi connectivity index (χ3n) is 4.33. The van der Waals surface area contributed by atoms with Crippen LogP contribution in [0.15, 0.2) is 72.1 Å². The van der Waals surface area contributed by atoms with E-state index in [9.17, 15) is 22.8 Å². The lowest BCUT2D eigenvalue weighted by Crippen LogP contribution is -2.26. The van der Waals surface area contributed by atoms with Crippen molar-refractivity contribution in [3.8, 4) is 11.5 Å². The van der Waals surface area contributed by atoms with Gasteiger partial charge in [0.1, 0.15) is 0 Å². The van der Waals surface area contributed by atoms with Crippen LogP contribution >= 0.6 is 0 Å². The molecule has 0 bridgehead atoms. The lowest BCUT2D eigenvalue weighted by molar-refractivity contribution is -0.137.